The summed E-state index contributed by atoms with van der Waals surface area (Å²) in [6.45, 7) is 1.89. The number of alkyl halides is 3. The number of benzene rings is 3. The lowest BCUT2D eigenvalue weighted by molar-refractivity contribution is -0.138. The third kappa shape index (κ3) is 5.63. The van der Waals surface area contributed by atoms with E-state index in [-0.39, 0.29) is 34.8 Å². The van der Waals surface area contributed by atoms with E-state index < -0.39 is 35.6 Å². The number of fused-ring (bicyclic) bond motifs is 3. The molecule has 0 aliphatic carbocycles. The second kappa shape index (κ2) is 11.8. The van der Waals surface area contributed by atoms with Crippen LogP contribution in [0, 0.1) is 5.92 Å². The monoisotopic (exact) mass is 679 g/mol. The molecule has 1 saturated heterocycles. The van der Waals surface area contributed by atoms with E-state index >= 15 is 0 Å². The highest BCUT2D eigenvalue weighted by Crippen LogP contribution is 2.45. The van der Waals surface area contributed by atoms with Gasteiger partial charge in [-0.3, -0.25) is 19.3 Å². The summed E-state index contributed by atoms with van der Waals surface area (Å²) < 4.78 is 42.5. The van der Waals surface area contributed by atoms with Crippen LogP contribution in [0.15, 0.2) is 83.5 Å². The van der Waals surface area contributed by atoms with Crippen LogP contribution < -0.4 is 10.2 Å². The lowest BCUT2D eigenvalue weighted by Gasteiger charge is -2.47. The van der Waals surface area contributed by atoms with E-state index in [4.69, 9.17) is 5.10 Å². The number of rotatable bonds is 5. The molecule has 2 aliphatic rings. The maximum absolute atomic E-state index is 14.4. The van der Waals surface area contributed by atoms with E-state index in [1.165, 1.54) is 17.0 Å². The van der Waals surface area contributed by atoms with Crippen LogP contribution in [-0.4, -0.2) is 52.0 Å². The second-order valence-electron chi connectivity index (χ2n) is 11.3. The Hall–Kier alpha value is -4.45. The number of carbonyl (C=O) groups excluding carboxylic acids is 3. The fraction of sp³-hybridized carbons (Fsp3) is 0.273. The Morgan fingerprint density at radius 3 is 2.38 bits per heavy atom. The molecule has 1 fully saturated rings. The Kier molecular flexibility index (Phi) is 8.02. The summed E-state index contributed by atoms with van der Waals surface area (Å²) in [5.74, 6) is -0.952. The van der Waals surface area contributed by atoms with Gasteiger partial charge in [0, 0.05) is 47.2 Å². The molecular weight excluding hydrogens is 651 g/mol. The average molecular weight is 681 g/mol. The van der Waals surface area contributed by atoms with Crippen molar-refractivity contribution < 1.29 is 27.6 Å². The lowest BCUT2D eigenvalue weighted by Crippen LogP contribution is -2.56. The molecule has 8 nitrogen and oxygen atoms in total. The number of nitrogens with one attached hydrogen (secondary N) is 1. The van der Waals surface area contributed by atoms with Crippen molar-refractivity contribution in [1.29, 1.82) is 0 Å². The Morgan fingerprint density at radius 2 is 1.71 bits per heavy atom. The van der Waals surface area contributed by atoms with Crippen molar-refractivity contribution in [1.82, 2.24) is 20.0 Å². The van der Waals surface area contributed by atoms with Crippen LogP contribution in [0.5, 0.6) is 0 Å². The summed E-state index contributed by atoms with van der Waals surface area (Å²) >= 11 is 2.94. The number of hydrogen-bond acceptors (Lipinski definition) is 4. The molecule has 0 spiro atoms. The molecule has 232 valence electrons. The van der Waals surface area contributed by atoms with Crippen molar-refractivity contribution in [3.8, 4) is 0 Å². The van der Waals surface area contributed by atoms with Gasteiger partial charge in [-0.25, -0.2) is 4.68 Å². The van der Waals surface area contributed by atoms with Gasteiger partial charge in [-0.2, -0.15) is 18.3 Å². The summed E-state index contributed by atoms with van der Waals surface area (Å²) in [6.07, 6.45) is -2.13. The first kappa shape index (κ1) is 30.6. The fourth-order valence-electron chi connectivity index (χ4n) is 6.24. The van der Waals surface area contributed by atoms with Gasteiger partial charge < -0.3 is 10.2 Å². The molecule has 1 aromatic heterocycles. The Balaban J connectivity index is 1.40. The molecule has 0 saturated carbocycles. The third-order valence-corrected chi connectivity index (χ3v) is 9.20. The smallest absolute Gasteiger partial charge is 0.355 e. The molecule has 3 aromatic carbocycles. The van der Waals surface area contributed by atoms with E-state index in [0.717, 1.165) is 17.2 Å². The average Bonchev–Trinajstić information content (AvgIpc) is 3.43. The van der Waals surface area contributed by atoms with Crippen LogP contribution in [0.2, 0.25) is 0 Å². The first-order valence-corrected chi connectivity index (χ1v) is 15.2. The quantitative estimate of drug-likeness (QED) is 0.265. The van der Waals surface area contributed by atoms with Crippen molar-refractivity contribution in [3.05, 3.63) is 111 Å². The predicted octanol–water partition coefficient (Wildman–Crippen LogP) is 6.39. The number of amides is 3. The maximum Gasteiger partial charge on any atom is 0.417 e. The molecule has 45 heavy (non-hydrogen) atoms. The summed E-state index contributed by atoms with van der Waals surface area (Å²) in [5, 5.41) is 7.32. The van der Waals surface area contributed by atoms with Crippen LogP contribution in [0.3, 0.4) is 0 Å². The van der Waals surface area contributed by atoms with Gasteiger partial charge in [0.1, 0.15) is 5.82 Å². The normalized spacial score (nSPS) is 19.6. The van der Waals surface area contributed by atoms with Crippen molar-refractivity contribution in [3.63, 3.8) is 0 Å². The first-order chi connectivity index (χ1) is 21.5. The van der Waals surface area contributed by atoms with Gasteiger partial charge in [0.2, 0.25) is 5.91 Å². The van der Waals surface area contributed by atoms with E-state index in [2.05, 4.69) is 21.2 Å². The maximum atomic E-state index is 14.4. The molecule has 3 heterocycles. The standard InChI is InChI=1S/C33H29BrF3N5O3/c1-19-14-25-28(18-40(19)31(44)22-10-13-27(34)26(16-22)33(35,36)37)42-30(23(17-39-42)15-20-6-4-3-5-7-20)41(32(25)45)24-11-8-21(9-12-24)29(43)38-2/h3-13,16-17,19,25,28H,14-15,18H2,1-2H3,(H,38,43)/t19-,25?,28?/m0/s1. The zero-order valence-electron chi connectivity index (χ0n) is 24.4. The number of piperidine rings is 1. The Morgan fingerprint density at radius 1 is 1.02 bits per heavy atom. The topological polar surface area (TPSA) is 87.5 Å². The number of carbonyl (C=O) groups is 3. The molecule has 12 heteroatoms. The summed E-state index contributed by atoms with van der Waals surface area (Å²) in [6, 6.07) is 19.0. The van der Waals surface area contributed by atoms with Crippen molar-refractivity contribution >= 4 is 45.2 Å². The largest absolute Gasteiger partial charge is 0.417 e. The summed E-state index contributed by atoms with van der Waals surface area (Å²) in [7, 11) is 1.54. The lowest BCUT2D eigenvalue weighted by atomic mass is 9.84. The van der Waals surface area contributed by atoms with Crippen LogP contribution in [0.4, 0.5) is 24.7 Å². The fourth-order valence-corrected chi connectivity index (χ4v) is 6.72. The van der Waals surface area contributed by atoms with Gasteiger partial charge in [0.05, 0.1) is 29.4 Å². The summed E-state index contributed by atoms with van der Waals surface area (Å²) in [4.78, 5) is 43.4. The molecule has 6 rings (SSSR count). The van der Waals surface area contributed by atoms with Gasteiger partial charge in [-0.15, -0.1) is 0 Å². The zero-order valence-corrected chi connectivity index (χ0v) is 26.0. The van der Waals surface area contributed by atoms with Crippen LogP contribution >= 0.6 is 15.9 Å². The minimum absolute atomic E-state index is 0.0822. The second-order valence-corrected chi connectivity index (χ2v) is 12.2. The third-order valence-electron chi connectivity index (χ3n) is 8.51. The highest BCUT2D eigenvalue weighted by molar-refractivity contribution is 9.10. The molecular formula is C33H29BrF3N5O3. The molecule has 3 atom stereocenters. The minimum Gasteiger partial charge on any atom is -0.355 e. The molecule has 0 bridgehead atoms. The molecule has 0 radical (unpaired) electrons. The predicted molar refractivity (Wildman–Crippen MR) is 165 cm³/mol. The van der Waals surface area contributed by atoms with Gasteiger partial charge in [0.25, 0.3) is 11.8 Å². The van der Waals surface area contributed by atoms with Crippen molar-refractivity contribution in [2.24, 2.45) is 5.92 Å². The highest BCUT2D eigenvalue weighted by Gasteiger charge is 2.48. The molecule has 2 aliphatic heterocycles. The Bertz CT molecular complexity index is 1770. The van der Waals surface area contributed by atoms with Crippen LogP contribution in [-0.2, 0) is 17.4 Å². The Labute approximate surface area is 265 Å². The molecule has 2 unspecified atom stereocenters. The van der Waals surface area contributed by atoms with Crippen molar-refractivity contribution in [2.45, 2.75) is 38.0 Å². The molecule has 1 N–H and O–H groups in total. The van der Waals surface area contributed by atoms with Gasteiger partial charge in [-0.1, -0.05) is 46.3 Å². The zero-order chi connectivity index (χ0) is 32.0. The highest BCUT2D eigenvalue weighted by atomic mass is 79.9. The molecule has 3 amide bonds. The van der Waals surface area contributed by atoms with Gasteiger partial charge in [-0.05, 0) is 61.4 Å². The minimum atomic E-state index is -4.63. The van der Waals surface area contributed by atoms with E-state index in [1.54, 1.807) is 54.0 Å². The van der Waals surface area contributed by atoms with Crippen LogP contribution in [0.1, 0.15) is 56.8 Å². The number of anilines is 2. The van der Waals surface area contributed by atoms with Crippen LogP contribution in [0.25, 0.3) is 0 Å². The number of aromatic nitrogens is 2. The van der Waals surface area contributed by atoms with Gasteiger partial charge >= 0.3 is 6.18 Å². The number of likely N-dealkylation sites (tertiary alicyclic amines) is 1. The summed E-state index contributed by atoms with van der Waals surface area (Å²) in [5.41, 5.74) is 1.82. The van der Waals surface area contributed by atoms with E-state index in [9.17, 15) is 27.6 Å². The SMILES string of the molecule is CNC(=O)c1ccc(N2C(=O)C3C[C@H](C)N(C(=O)c4ccc(Br)c(C(F)(F)F)c4)CC3n3ncc(Cc4ccccc4)c32)cc1. The van der Waals surface area contributed by atoms with E-state index in [0.29, 0.717) is 23.5 Å². The van der Waals surface area contributed by atoms with E-state index in [1.807, 2.05) is 30.3 Å². The number of hydrogen-bond donors (Lipinski definition) is 1. The number of halogens is 4. The van der Waals surface area contributed by atoms with Crippen molar-refractivity contribution in [2.75, 3.05) is 18.5 Å². The number of nitrogens with zero attached hydrogens (tertiary/aromatic N) is 4. The first-order valence-electron chi connectivity index (χ1n) is 14.4. The van der Waals surface area contributed by atoms with Gasteiger partial charge in [0.15, 0.2) is 0 Å². The molecule has 4 aromatic rings.